The zero-order valence-corrected chi connectivity index (χ0v) is 16.7. The van der Waals surface area contributed by atoms with Crippen LogP contribution in [0.15, 0.2) is 53.5 Å². The Balaban J connectivity index is 0.00000312. The van der Waals surface area contributed by atoms with Gasteiger partial charge < -0.3 is 15.7 Å². The molecule has 2 rings (SSSR count). The van der Waals surface area contributed by atoms with Crippen molar-refractivity contribution >= 4 is 29.9 Å². The summed E-state index contributed by atoms with van der Waals surface area (Å²) >= 11 is 0. The Morgan fingerprint density at radius 1 is 1.08 bits per heavy atom. The van der Waals surface area contributed by atoms with Crippen molar-refractivity contribution in [1.82, 2.24) is 10.6 Å². The first-order valence-electron chi connectivity index (χ1n) is 8.09. The minimum Gasteiger partial charge on any atom is -0.392 e. The maximum atomic E-state index is 13.4. The van der Waals surface area contributed by atoms with E-state index < -0.39 is 0 Å². The molecule has 0 aliphatic rings. The maximum Gasteiger partial charge on any atom is 0.191 e. The molecule has 0 spiro atoms. The van der Waals surface area contributed by atoms with E-state index >= 15 is 0 Å². The van der Waals surface area contributed by atoms with Gasteiger partial charge in [-0.2, -0.15) is 0 Å². The monoisotopic (exact) mass is 457 g/mol. The van der Waals surface area contributed by atoms with Gasteiger partial charge in [0.05, 0.1) is 6.61 Å². The second-order valence-electron chi connectivity index (χ2n) is 5.53. The average molecular weight is 457 g/mol. The predicted molar refractivity (Wildman–Crippen MR) is 111 cm³/mol. The van der Waals surface area contributed by atoms with Gasteiger partial charge in [0.1, 0.15) is 5.82 Å². The van der Waals surface area contributed by atoms with Crippen LogP contribution >= 0.6 is 24.0 Å². The highest BCUT2D eigenvalue weighted by Crippen LogP contribution is 2.10. The molecule has 0 unspecified atom stereocenters. The molecule has 2 aromatic carbocycles. The average Bonchev–Trinajstić information content (AvgIpc) is 2.63. The second kappa shape index (κ2) is 11.8. The molecule has 0 bridgehead atoms. The zero-order valence-electron chi connectivity index (χ0n) is 14.3. The Kier molecular flexibility index (Phi) is 10.1. The summed E-state index contributed by atoms with van der Waals surface area (Å²) in [7, 11) is 1.72. The van der Waals surface area contributed by atoms with Gasteiger partial charge in [-0.15, -0.1) is 24.0 Å². The third-order valence-electron chi connectivity index (χ3n) is 3.74. The quantitative estimate of drug-likeness (QED) is 0.259. The van der Waals surface area contributed by atoms with E-state index in [4.69, 9.17) is 5.11 Å². The summed E-state index contributed by atoms with van der Waals surface area (Å²) in [6, 6.07) is 15.1. The first-order valence-corrected chi connectivity index (χ1v) is 8.09. The first-order chi connectivity index (χ1) is 11.7. The standard InChI is InChI=1S/C19H24FN3O.HI/c1-21-19(22-11-5-8-15-6-3-2-4-7-15)23-13-16-9-10-18(20)17(12-16)14-24;/h2-4,6-7,9-10,12,24H,5,8,11,13-14H2,1H3,(H2,21,22,23);1H. The van der Waals surface area contributed by atoms with E-state index in [0.717, 1.165) is 24.9 Å². The third-order valence-corrected chi connectivity index (χ3v) is 3.74. The number of nitrogens with zero attached hydrogens (tertiary/aromatic N) is 1. The maximum absolute atomic E-state index is 13.4. The summed E-state index contributed by atoms with van der Waals surface area (Å²) in [6.45, 7) is 1.04. The lowest BCUT2D eigenvalue weighted by atomic mass is 10.1. The molecule has 136 valence electrons. The van der Waals surface area contributed by atoms with Gasteiger partial charge in [0.15, 0.2) is 5.96 Å². The number of hydrogen-bond donors (Lipinski definition) is 3. The van der Waals surface area contributed by atoms with Gasteiger partial charge in [-0.3, -0.25) is 4.99 Å². The number of rotatable bonds is 7. The Morgan fingerprint density at radius 3 is 2.52 bits per heavy atom. The van der Waals surface area contributed by atoms with E-state index in [-0.39, 0.29) is 36.4 Å². The molecule has 0 amide bonds. The predicted octanol–water partition coefficient (Wildman–Crippen LogP) is 3.23. The van der Waals surface area contributed by atoms with Crippen molar-refractivity contribution in [3.8, 4) is 0 Å². The number of aryl methyl sites for hydroxylation is 1. The van der Waals surface area contributed by atoms with Gasteiger partial charge in [0.2, 0.25) is 0 Å². The van der Waals surface area contributed by atoms with Crippen LogP contribution in [0.1, 0.15) is 23.1 Å². The van der Waals surface area contributed by atoms with Crippen LogP contribution in [0.2, 0.25) is 0 Å². The summed E-state index contributed by atoms with van der Waals surface area (Å²) in [4.78, 5) is 4.18. The van der Waals surface area contributed by atoms with E-state index in [1.165, 1.54) is 11.6 Å². The second-order valence-corrected chi connectivity index (χ2v) is 5.53. The number of nitrogens with one attached hydrogen (secondary N) is 2. The number of aliphatic hydroxyl groups is 1. The molecule has 2 aromatic rings. The molecule has 3 N–H and O–H groups in total. The molecule has 0 atom stereocenters. The minimum absolute atomic E-state index is 0. The molecule has 0 fully saturated rings. The molecule has 0 heterocycles. The SMILES string of the molecule is CN=C(NCCCc1ccccc1)NCc1ccc(F)c(CO)c1.I. The summed E-state index contributed by atoms with van der Waals surface area (Å²) in [5.41, 5.74) is 2.53. The minimum atomic E-state index is -0.385. The lowest BCUT2D eigenvalue weighted by molar-refractivity contribution is 0.275. The molecule has 0 aliphatic heterocycles. The smallest absolute Gasteiger partial charge is 0.191 e. The molecule has 0 aliphatic carbocycles. The van der Waals surface area contributed by atoms with Gasteiger partial charge >= 0.3 is 0 Å². The zero-order chi connectivity index (χ0) is 17.2. The van der Waals surface area contributed by atoms with Crippen molar-refractivity contribution in [2.24, 2.45) is 4.99 Å². The van der Waals surface area contributed by atoms with Crippen LogP contribution in [0.25, 0.3) is 0 Å². The number of hydrogen-bond acceptors (Lipinski definition) is 2. The van der Waals surface area contributed by atoms with Crippen molar-refractivity contribution in [1.29, 1.82) is 0 Å². The van der Waals surface area contributed by atoms with E-state index in [2.05, 4.69) is 27.8 Å². The summed E-state index contributed by atoms with van der Waals surface area (Å²) in [6.07, 6.45) is 2.03. The highest BCUT2D eigenvalue weighted by molar-refractivity contribution is 14.0. The molecule has 0 saturated carbocycles. The molecule has 25 heavy (non-hydrogen) atoms. The number of guanidine groups is 1. The van der Waals surface area contributed by atoms with Crippen molar-refractivity contribution in [3.05, 3.63) is 71.0 Å². The van der Waals surface area contributed by atoms with Crippen molar-refractivity contribution in [2.45, 2.75) is 26.0 Å². The number of aliphatic hydroxyl groups excluding tert-OH is 1. The summed E-state index contributed by atoms with van der Waals surface area (Å²) in [5.74, 6) is 0.322. The van der Waals surface area contributed by atoms with E-state index in [1.807, 2.05) is 18.2 Å². The van der Waals surface area contributed by atoms with Crippen LogP contribution in [0.5, 0.6) is 0 Å². The van der Waals surface area contributed by atoms with Crippen molar-refractivity contribution in [3.63, 3.8) is 0 Å². The van der Waals surface area contributed by atoms with Gasteiger partial charge in [0, 0.05) is 25.7 Å². The van der Waals surface area contributed by atoms with Crippen LogP contribution in [0.3, 0.4) is 0 Å². The molecular weight excluding hydrogens is 432 g/mol. The summed E-state index contributed by atoms with van der Waals surface area (Å²) < 4.78 is 13.4. The van der Waals surface area contributed by atoms with Crippen LogP contribution in [0.4, 0.5) is 4.39 Å². The Morgan fingerprint density at radius 2 is 1.84 bits per heavy atom. The fourth-order valence-electron chi connectivity index (χ4n) is 2.41. The van der Waals surface area contributed by atoms with Crippen LogP contribution in [-0.2, 0) is 19.6 Å². The van der Waals surface area contributed by atoms with E-state index in [9.17, 15) is 4.39 Å². The Hall–Kier alpha value is -1.67. The van der Waals surface area contributed by atoms with Gasteiger partial charge in [-0.25, -0.2) is 4.39 Å². The first kappa shape index (κ1) is 21.4. The fraction of sp³-hybridized carbons (Fsp3) is 0.316. The molecule has 4 nitrogen and oxygen atoms in total. The highest BCUT2D eigenvalue weighted by Gasteiger charge is 2.03. The normalized spacial score (nSPS) is 10.9. The lowest BCUT2D eigenvalue weighted by Gasteiger charge is -2.12. The van der Waals surface area contributed by atoms with E-state index in [1.54, 1.807) is 19.2 Å². The topological polar surface area (TPSA) is 56.7 Å². The molecule has 0 aromatic heterocycles. The van der Waals surface area contributed by atoms with Gasteiger partial charge in [-0.05, 0) is 36.1 Å². The van der Waals surface area contributed by atoms with Gasteiger partial charge in [0.25, 0.3) is 0 Å². The number of aliphatic imine (C=N–C) groups is 1. The number of benzene rings is 2. The highest BCUT2D eigenvalue weighted by atomic mass is 127. The fourth-order valence-corrected chi connectivity index (χ4v) is 2.41. The van der Waals surface area contributed by atoms with Crippen LogP contribution in [-0.4, -0.2) is 24.7 Å². The van der Waals surface area contributed by atoms with Crippen molar-refractivity contribution in [2.75, 3.05) is 13.6 Å². The summed E-state index contributed by atoms with van der Waals surface area (Å²) in [5, 5.41) is 15.6. The number of halogens is 2. The molecule has 6 heteroatoms. The Labute approximate surface area is 165 Å². The molecule has 0 radical (unpaired) electrons. The lowest BCUT2D eigenvalue weighted by Crippen LogP contribution is -2.37. The Bertz CT molecular complexity index is 665. The van der Waals surface area contributed by atoms with Gasteiger partial charge in [-0.1, -0.05) is 36.4 Å². The van der Waals surface area contributed by atoms with Crippen LogP contribution < -0.4 is 10.6 Å². The largest absolute Gasteiger partial charge is 0.392 e. The molecular formula is C19H25FIN3O. The third kappa shape index (κ3) is 7.39. The van der Waals surface area contributed by atoms with Crippen molar-refractivity contribution < 1.29 is 9.50 Å². The van der Waals surface area contributed by atoms with Crippen LogP contribution in [0, 0.1) is 5.82 Å². The van der Waals surface area contributed by atoms with E-state index in [0.29, 0.717) is 18.1 Å². The molecule has 0 saturated heterocycles.